The molecule has 1 atom stereocenters. The van der Waals surface area contributed by atoms with E-state index in [1.807, 2.05) is 18.5 Å². The van der Waals surface area contributed by atoms with Crippen LogP contribution in [0, 0.1) is 6.92 Å². The molecule has 118 valence electrons. The number of aryl methyl sites for hydroxylation is 2. The lowest BCUT2D eigenvalue weighted by Crippen LogP contribution is -2.39. The number of aromatic nitrogens is 2. The lowest BCUT2D eigenvalue weighted by Gasteiger charge is -2.13. The number of carboxylic acid groups (broad SMARTS) is 1. The van der Waals surface area contributed by atoms with Gasteiger partial charge in [-0.05, 0) is 42.0 Å². The van der Waals surface area contributed by atoms with Gasteiger partial charge in [0, 0.05) is 19.2 Å². The number of carbonyl (C=O) groups is 2. The van der Waals surface area contributed by atoms with Gasteiger partial charge in [-0.15, -0.1) is 0 Å². The minimum Gasteiger partial charge on any atom is -0.480 e. The van der Waals surface area contributed by atoms with Crippen LogP contribution in [-0.4, -0.2) is 38.6 Å². The molecule has 8 heteroatoms. The maximum Gasteiger partial charge on any atom is 0.326 e. The molecular formula is C13H20BrN3O3S. The van der Waals surface area contributed by atoms with Crippen molar-refractivity contribution in [3.63, 3.8) is 0 Å². The standard InChI is InChI=1S/C13H20BrN3O3S/c1-4-17-11(12(14)8(2)16-17)7-21-6-5-10(13(19)20)15-9(3)18/h10H,4-7H2,1-3H3,(H,15,18)(H,19,20). The molecule has 0 spiro atoms. The highest BCUT2D eigenvalue weighted by molar-refractivity contribution is 9.10. The number of rotatable bonds is 8. The van der Waals surface area contributed by atoms with Gasteiger partial charge in [0.25, 0.3) is 0 Å². The van der Waals surface area contributed by atoms with Gasteiger partial charge in [0.1, 0.15) is 6.04 Å². The van der Waals surface area contributed by atoms with Gasteiger partial charge >= 0.3 is 5.97 Å². The Balaban J connectivity index is 2.50. The summed E-state index contributed by atoms with van der Waals surface area (Å²) in [7, 11) is 0. The highest BCUT2D eigenvalue weighted by Crippen LogP contribution is 2.25. The molecule has 0 radical (unpaired) electrons. The van der Waals surface area contributed by atoms with E-state index in [2.05, 4.69) is 26.3 Å². The fraction of sp³-hybridized carbons (Fsp3) is 0.615. The fourth-order valence-electron chi connectivity index (χ4n) is 1.88. The molecule has 1 unspecified atom stereocenters. The third kappa shape index (κ3) is 5.35. The molecule has 0 bridgehead atoms. The Hall–Kier alpha value is -1.02. The van der Waals surface area contributed by atoms with E-state index in [1.165, 1.54) is 6.92 Å². The molecule has 1 heterocycles. The number of halogens is 1. The van der Waals surface area contributed by atoms with Gasteiger partial charge in [-0.3, -0.25) is 9.48 Å². The molecule has 0 aliphatic carbocycles. The summed E-state index contributed by atoms with van der Waals surface area (Å²) in [4.78, 5) is 22.0. The van der Waals surface area contributed by atoms with E-state index in [1.54, 1.807) is 11.8 Å². The Morgan fingerprint density at radius 1 is 1.52 bits per heavy atom. The zero-order valence-electron chi connectivity index (χ0n) is 12.4. The normalized spacial score (nSPS) is 12.2. The number of amides is 1. The fourth-order valence-corrected chi connectivity index (χ4v) is 3.52. The molecule has 0 aliphatic rings. The zero-order valence-corrected chi connectivity index (χ0v) is 14.8. The van der Waals surface area contributed by atoms with E-state index in [9.17, 15) is 9.59 Å². The summed E-state index contributed by atoms with van der Waals surface area (Å²) < 4.78 is 2.95. The number of aliphatic carboxylic acids is 1. The van der Waals surface area contributed by atoms with Crippen LogP contribution in [0.1, 0.15) is 31.7 Å². The van der Waals surface area contributed by atoms with Crippen LogP contribution >= 0.6 is 27.7 Å². The Morgan fingerprint density at radius 3 is 2.71 bits per heavy atom. The molecule has 0 saturated heterocycles. The van der Waals surface area contributed by atoms with Gasteiger partial charge in [0.05, 0.1) is 15.9 Å². The first-order chi connectivity index (χ1) is 9.86. The van der Waals surface area contributed by atoms with E-state index in [0.717, 1.165) is 28.2 Å². The van der Waals surface area contributed by atoms with Crippen molar-refractivity contribution in [3.05, 3.63) is 15.9 Å². The summed E-state index contributed by atoms with van der Waals surface area (Å²) in [5.41, 5.74) is 2.06. The zero-order chi connectivity index (χ0) is 16.0. The number of thioether (sulfide) groups is 1. The van der Waals surface area contributed by atoms with Gasteiger partial charge in [-0.2, -0.15) is 16.9 Å². The molecular weight excluding hydrogens is 358 g/mol. The number of carboxylic acids is 1. The molecule has 1 aromatic heterocycles. The number of hydrogen-bond acceptors (Lipinski definition) is 4. The van der Waals surface area contributed by atoms with Crippen molar-refractivity contribution in [2.45, 2.75) is 45.5 Å². The van der Waals surface area contributed by atoms with Crippen molar-refractivity contribution in [1.29, 1.82) is 0 Å². The molecule has 1 aromatic rings. The van der Waals surface area contributed by atoms with E-state index in [0.29, 0.717) is 12.2 Å². The van der Waals surface area contributed by atoms with Crippen LogP contribution in [0.15, 0.2) is 4.47 Å². The van der Waals surface area contributed by atoms with Crippen molar-refractivity contribution >= 4 is 39.6 Å². The monoisotopic (exact) mass is 377 g/mol. The van der Waals surface area contributed by atoms with E-state index in [4.69, 9.17) is 5.11 Å². The maximum atomic E-state index is 11.0. The lowest BCUT2D eigenvalue weighted by atomic mass is 10.2. The number of nitrogens with one attached hydrogen (secondary N) is 1. The highest BCUT2D eigenvalue weighted by Gasteiger charge is 2.18. The molecule has 1 rings (SSSR count). The summed E-state index contributed by atoms with van der Waals surface area (Å²) in [6.07, 6.45) is 0.399. The predicted molar refractivity (Wildman–Crippen MR) is 86.4 cm³/mol. The Bertz CT molecular complexity index is 519. The molecule has 6 nitrogen and oxygen atoms in total. The predicted octanol–water partition coefficient (Wildman–Crippen LogP) is 2.19. The quantitative estimate of drug-likeness (QED) is 0.678. The molecule has 21 heavy (non-hydrogen) atoms. The van der Waals surface area contributed by atoms with Crippen LogP contribution in [0.4, 0.5) is 0 Å². The second-order valence-electron chi connectivity index (χ2n) is 4.59. The first kappa shape index (κ1) is 18.0. The summed E-state index contributed by atoms with van der Waals surface area (Å²) >= 11 is 5.16. The smallest absolute Gasteiger partial charge is 0.326 e. The largest absolute Gasteiger partial charge is 0.480 e. The molecule has 0 fully saturated rings. The average Bonchev–Trinajstić information content (AvgIpc) is 2.68. The van der Waals surface area contributed by atoms with Gasteiger partial charge in [-0.25, -0.2) is 4.79 Å². The SMILES string of the molecule is CCn1nc(C)c(Br)c1CSCCC(NC(C)=O)C(=O)O. The third-order valence-corrected chi connectivity index (χ3v) is 4.95. The third-order valence-electron chi connectivity index (χ3n) is 2.92. The van der Waals surface area contributed by atoms with Crippen molar-refractivity contribution < 1.29 is 14.7 Å². The van der Waals surface area contributed by atoms with Crippen LogP contribution in [0.3, 0.4) is 0 Å². The summed E-state index contributed by atoms with van der Waals surface area (Å²) in [5, 5.41) is 15.9. The molecule has 0 saturated carbocycles. The van der Waals surface area contributed by atoms with Crippen LogP contribution in [0.5, 0.6) is 0 Å². The number of carbonyl (C=O) groups excluding carboxylic acids is 1. The van der Waals surface area contributed by atoms with E-state index in [-0.39, 0.29) is 5.91 Å². The summed E-state index contributed by atoms with van der Waals surface area (Å²) in [6.45, 7) is 6.10. The van der Waals surface area contributed by atoms with Crippen molar-refractivity contribution in [2.75, 3.05) is 5.75 Å². The topological polar surface area (TPSA) is 84.2 Å². The van der Waals surface area contributed by atoms with Crippen LogP contribution in [0.25, 0.3) is 0 Å². The van der Waals surface area contributed by atoms with Crippen molar-refractivity contribution in [2.24, 2.45) is 0 Å². The number of hydrogen-bond donors (Lipinski definition) is 2. The lowest BCUT2D eigenvalue weighted by molar-refractivity contribution is -0.141. The average molecular weight is 378 g/mol. The van der Waals surface area contributed by atoms with Gasteiger partial charge in [0.2, 0.25) is 5.91 Å². The highest BCUT2D eigenvalue weighted by atomic mass is 79.9. The minimum absolute atomic E-state index is 0.324. The molecule has 0 aromatic carbocycles. The Labute approximate surface area is 136 Å². The van der Waals surface area contributed by atoms with Gasteiger partial charge in [0.15, 0.2) is 0 Å². The summed E-state index contributed by atoms with van der Waals surface area (Å²) in [5.74, 6) is 0.0792. The number of nitrogens with zero attached hydrogens (tertiary/aromatic N) is 2. The molecule has 0 aliphatic heterocycles. The first-order valence-corrected chi connectivity index (χ1v) is 8.61. The summed E-state index contributed by atoms with van der Waals surface area (Å²) in [6, 6.07) is -0.823. The Morgan fingerprint density at radius 2 is 2.19 bits per heavy atom. The second kappa shape index (κ2) is 8.43. The van der Waals surface area contributed by atoms with Crippen molar-refractivity contribution in [3.8, 4) is 0 Å². The van der Waals surface area contributed by atoms with Crippen LogP contribution in [0.2, 0.25) is 0 Å². The van der Waals surface area contributed by atoms with E-state index < -0.39 is 12.0 Å². The van der Waals surface area contributed by atoms with E-state index >= 15 is 0 Å². The second-order valence-corrected chi connectivity index (χ2v) is 6.49. The van der Waals surface area contributed by atoms with Crippen molar-refractivity contribution in [1.82, 2.24) is 15.1 Å². The van der Waals surface area contributed by atoms with Crippen LogP contribution in [-0.2, 0) is 21.9 Å². The Kier molecular flexibility index (Phi) is 7.24. The minimum atomic E-state index is -0.999. The van der Waals surface area contributed by atoms with Crippen LogP contribution < -0.4 is 5.32 Å². The molecule has 1 amide bonds. The first-order valence-electron chi connectivity index (χ1n) is 6.66. The van der Waals surface area contributed by atoms with Gasteiger partial charge in [-0.1, -0.05) is 0 Å². The maximum absolute atomic E-state index is 11.0. The molecule has 2 N–H and O–H groups in total. The van der Waals surface area contributed by atoms with Gasteiger partial charge < -0.3 is 10.4 Å².